The van der Waals surface area contributed by atoms with Gasteiger partial charge in [-0.1, -0.05) is 6.07 Å². The van der Waals surface area contributed by atoms with Crippen LogP contribution in [0.5, 0.6) is 17.2 Å². The molecular formula is C12H12N2O3. The Morgan fingerprint density at radius 2 is 2.06 bits per heavy atom. The summed E-state index contributed by atoms with van der Waals surface area (Å²) in [6.45, 7) is 2.50. The Morgan fingerprint density at radius 1 is 1.24 bits per heavy atom. The number of hydrogen-bond donors (Lipinski definition) is 1. The molecule has 1 heterocycles. The van der Waals surface area contributed by atoms with Gasteiger partial charge in [-0.2, -0.15) is 5.10 Å². The van der Waals surface area contributed by atoms with E-state index in [1.807, 2.05) is 19.1 Å². The van der Waals surface area contributed by atoms with E-state index >= 15 is 0 Å². The highest BCUT2D eigenvalue weighted by Gasteiger charge is 2.00. The number of nitrogens with zero attached hydrogens (tertiary/aromatic N) is 1. The van der Waals surface area contributed by atoms with Crippen LogP contribution in [0, 0.1) is 0 Å². The molecule has 0 atom stereocenters. The fraction of sp³-hybridized carbons (Fsp3) is 0.167. The minimum absolute atomic E-state index is 0.302. The van der Waals surface area contributed by atoms with E-state index in [1.54, 1.807) is 12.1 Å². The number of aromatic nitrogens is 2. The number of H-pyrrole nitrogens is 1. The van der Waals surface area contributed by atoms with Crippen LogP contribution in [0.25, 0.3) is 0 Å². The van der Waals surface area contributed by atoms with E-state index in [4.69, 9.17) is 9.47 Å². The molecular weight excluding hydrogens is 220 g/mol. The molecule has 17 heavy (non-hydrogen) atoms. The normalized spacial score (nSPS) is 9.94. The van der Waals surface area contributed by atoms with Gasteiger partial charge in [0.1, 0.15) is 11.5 Å². The summed E-state index contributed by atoms with van der Waals surface area (Å²) in [4.78, 5) is 11.0. The molecule has 0 aliphatic carbocycles. The molecule has 0 aliphatic heterocycles. The summed E-state index contributed by atoms with van der Waals surface area (Å²) in [6.07, 6.45) is 1.44. The van der Waals surface area contributed by atoms with E-state index in [-0.39, 0.29) is 5.56 Å². The predicted octanol–water partition coefficient (Wildman–Crippen LogP) is 1.96. The zero-order valence-corrected chi connectivity index (χ0v) is 9.34. The molecule has 0 unspecified atom stereocenters. The fourth-order valence-corrected chi connectivity index (χ4v) is 1.34. The van der Waals surface area contributed by atoms with Crippen LogP contribution in [-0.2, 0) is 0 Å². The largest absolute Gasteiger partial charge is 0.494 e. The number of aromatic amines is 1. The second-order valence-electron chi connectivity index (χ2n) is 3.29. The van der Waals surface area contributed by atoms with Crippen LogP contribution >= 0.6 is 0 Å². The monoisotopic (exact) mass is 232 g/mol. The average molecular weight is 232 g/mol. The summed E-state index contributed by atoms with van der Waals surface area (Å²) in [5.74, 6) is 1.72. The van der Waals surface area contributed by atoms with E-state index in [0.717, 1.165) is 5.75 Å². The van der Waals surface area contributed by atoms with Gasteiger partial charge in [-0.15, -0.1) is 0 Å². The topological polar surface area (TPSA) is 64.2 Å². The van der Waals surface area contributed by atoms with Crippen molar-refractivity contribution in [1.29, 1.82) is 0 Å². The number of nitrogens with one attached hydrogen (secondary N) is 1. The summed E-state index contributed by atoms with van der Waals surface area (Å²) in [7, 11) is 0. The van der Waals surface area contributed by atoms with Crippen LogP contribution < -0.4 is 15.0 Å². The molecule has 1 N–H and O–H groups in total. The third-order valence-corrected chi connectivity index (χ3v) is 1.99. The second kappa shape index (κ2) is 5.16. The Hall–Kier alpha value is -2.30. The van der Waals surface area contributed by atoms with Gasteiger partial charge >= 0.3 is 0 Å². The number of ether oxygens (including phenoxy) is 2. The summed E-state index contributed by atoms with van der Waals surface area (Å²) < 4.78 is 10.8. The molecule has 0 saturated heterocycles. The number of hydrogen-bond acceptors (Lipinski definition) is 4. The lowest BCUT2D eigenvalue weighted by Gasteiger charge is -2.07. The molecule has 0 fully saturated rings. The van der Waals surface area contributed by atoms with Gasteiger partial charge in [0.15, 0.2) is 5.75 Å². The van der Waals surface area contributed by atoms with Crippen LogP contribution in [0.1, 0.15) is 6.92 Å². The van der Waals surface area contributed by atoms with Crippen molar-refractivity contribution in [1.82, 2.24) is 10.2 Å². The van der Waals surface area contributed by atoms with Gasteiger partial charge in [0.05, 0.1) is 12.8 Å². The van der Waals surface area contributed by atoms with E-state index in [1.165, 1.54) is 12.3 Å². The summed E-state index contributed by atoms with van der Waals surface area (Å²) in [6, 6.07) is 8.53. The highest BCUT2D eigenvalue weighted by molar-refractivity contribution is 5.35. The van der Waals surface area contributed by atoms with Crippen LogP contribution in [0.2, 0.25) is 0 Å². The minimum atomic E-state index is -0.302. The minimum Gasteiger partial charge on any atom is -0.494 e. The van der Waals surface area contributed by atoms with Crippen LogP contribution in [-0.4, -0.2) is 16.8 Å². The van der Waals surface area contributed by atoms with Gasteiger partial charge in [0.2, 0.25) is 0 Å². The van der Waals surface area contributed by atoms with Crippen molar-refractivity contribution >= 4 is 0 Å². The van der Waals surface area contributed by atoms with E-state index in [2.05, 4.69) is 10.2 Å². The standard InChI is InChI=1S/C12H12N2O3/c1-2-16-9-4-3-5-10(6-9)17-11-7-12(15)14-13-8-11/h3-8H,2H2,1H3,(H,14,15). The summed E-state index contributed by atoms with van der Waals surface area (Å²) in [5, 5.41) is 5.92. The van der Waals surface area contributed by atoms with E-state index in [9.17, 15) is 4.79 Å². The summed E-state index contributed by atoms with van der Waals surface area (Å²) in [5.41, 5.74) is -0.302. The van der Waals surface area contributed by atoms with E-state index in [0.29, 0.717) is 18.1 Å². The average Bonchev–Trinajstić information content (AvgIpc) is 2.30. The molecule has 5 heteroatoms. The Morgan fingerprint density at radius 3 is 2.82 bits per heavy atom. The Bertz CT molecular complexity index is 551. The molecule has 88 valence electrons. The Kier molecular flexibility index (Phi) is 3.40. The zero-order chi connectivity index (χ0) is 12.1. The lowest BCUT2D eigenvalue weighted by atomic mass is 10.3. The van der Waals surface area contributed by atoms with Gasteiger partial charge in [-0.3, -0.25) is 4.79 Å². The lowest BCUT2D eigenvalue weighted by molar-refractivity contribution is 0.338. The predicted molar refractivity (Wildman–Crippen MR) is 62.5 cm³/mol. The second-order valence-corrected chi connectivity index (χ2v) is 3.29. The molecule has 0 radical (unpaired) electrons. The van der Waals surface area contributed by atoms with Gasteiger partial charge < -0.3 is 9.47 Å². The van der Waals surface area contributed by atoms with Gasteiger partial charge in [0.25, 0.3) is 5.56 Å². The number of benzene rings is 1. The first-order chi connectivity index (χ1) is 8.28. The van der Waals surface area contributed by atoms with Crippen molar-refractivity contribution in [2.75, 3.05) is 6.61 Å². The molecule has 0 saturated carbocycles. The first kappa shape index (κ1) is 11.2. The van der Waals surface area contributed by atoms with Crippen LogP contribution in [0.15, 0.2) is 41.3 Å². The van der Waals surface area contributed by atoms with Gasteiger partial charge in [0, 0.05) is 12.1 Å². The quantitative estimate of drug-likeness (QED) is 0.875. The van der Waals surface area contributed by atoms with Crippen molar-refractivity contribution in [3.63, 3.8) is 0 Å². The maximum absolute atomic E-state index is 11.0. The molecule has 1 aromatic heterocycles. The molecule has 0 aliphatic rings. The highest BCUT2D eigenvalue weighted by Crippen LogP contribution is 2.23. The molecule has 5 nitrogen and oxygen atoms in total. The molecule has 0 bridgehead atoms. The van der Waals surface area contributed by atoms with Crippen molar-refractivity contribution in [2.24, 2.45) is 0 Å². The Labute approximate surface area is 98.0 Å². The maximum atomic E-state index is 11.0. The zero-order valence-electron chi connectivity index (χ0n) is 9.34. The molecule has 1 aromatic carbocycles. The van der Waals surface area contributed by atoms with Gasteiger partial charge in [-0.25, -0.2) is 5.10 Å². The third-order valence-electron chi connectivity index (χ3n) is 1.99. The Balaban J connectivity index is 2.18. The van der Waals surface area contributed by atoms with Crippen molar-refractivity contribution in [3.05, 3.63) is 46.9 Å². The molecule has 0 amide bonds. The van der Waals surface area contributed by atoms with Gasteiger partial charge in [-0.05, 0) is 19.1 Å². The molecule has 2 rings (SSSR count). The van der Waals surface area contributed by atoms with Crippen molar-refractivity contribution in [3.8, 4) is 17.2 Å². The first-order valence-electron chi connectivity index (χ1n) is 5.23. The molecule has 2 aromatic rings. The van der Waals surface area contributed by atoms with Crippen LogP contribution in [0.4, 0.5) is 0 Å². The maximum Gasteiger partial charge on any atom is 0.267 e. The lowest BCUT2D eigenvalue weighted by Crippen LogP contribution is -2.05. The van der Waals surface area contributed by atoms with E-state index < -0.39 is 0 Å². The van der Waals surface area contributed by atoms with Crippen LogP contribution in [0.3, 0.4) is 0 Å². The summed E-state index contributed by atoms with van der Waals surface area (Å²) >= 11 is 0. The first-order valence-corrected chi connectivity index (χ1v) is 5.23. The SMILES string of the molecule is CCOc1cccc(Oc2cn[nH]c(=O)c2)c1. The highest BCUT2D eigenvalue weighted by atomic mass is 16.5. The fourth-order valence-electron chi connectivity index (χ4n) is 1.34. The van der Waals surface area contributed by atoms with Crippen molar-refractivity contribution in [2.45, 2.75) is 6.92 Å². The third kappa shape index (κ3) is 3.07. The smallest absolute Gasteiger partial charge is 0.267 e. The number of rotatable bonds is 4. The molecule has 0 spiro atoms. The van der Waals surface area contributed by atoms with Crippen molar-refractivity contribution < 1.29 is 9.47 Å².